The molecule has 15 heavy (non-hydrogen) atoms. The van der Waals surface area contributed by atoms with Gasteiger partial charge in [0.15, 0.2) is 0 Å². The zero-order chi connectivity index (χ0) is 11.3. The third kappa shape index (κ3) is 3.63. The molecule has 1 unspecified atom stereocenters. The maximum Gasteiger partial charge on any atom is 0.220 e. The van der Waals surface area contributed by atoms with E-state index in [1.165, 1.54) is 0 Å². The Labute approximate surface area is 98.4 Å². The smallest absolute Gasteiger partial charge is 0.220 e. The maximum absolute atomic E-state index is 11.4. The summed E-state index contributed by atoms with van der Waals surface area (Å²) in [7, 11) is 0. The summed E-state index contributed by atoms with van der Waals surface area (Å²) in [5.41, 5.74) is 0.863. The lowest BCUT2D eigenvalue weighted by Crippen LogP contribution is -2.26. The summed E-state index contributed by atoms with van der Waals surface area (Å²) < 4.78 is 0.925. The number of rotatable bonds is 4. The van der Waals surface area contributed by atoms with Crippen molar-refractivity contribution in [1.29, 1.82) is 0 Å². The van der Waals surface area contributed by atoms with Crippen LogP contribution in [0.2, 0.25) is 0 Å². The molecule has 0 aromatic carbocycles. The standard InChI is InChI=1S/C11H15BrN2O/c1-3-5-10(15)14-8(2)11-9(12)6-4-7-13-11/h4,6-8H,3,5H2,1-2H3,(H,14,15). The van der Waals surface area contributed by atoms with Crippen LogP contribution in [-0.4, -0.2) is 10.9 Å². The molecule has 0 bridgehead atoms. The Morgan fingerprint density at radius 2 is 2.40 bits per heavy atom. The minimum Gasteiger partial charge on any atom is -0.348 e. The third-order valence-electron chi connectivity index (χ3n) is 2.05. The van der Waals surface area contributed by atoms with Crippen molar-refractivity contribution in [3.8, 4) is 0 Å². The van der Waals surface area contributed by atoms with Gasteiger partial charge in [0.05, 0.1) is 11.7 Å². The van der Waals surface area contributed by atoms with Gasteiger partial charge in [-0.25, -0.2) is 0 Å². The van der Waals surface area contributed by atoms with Crippen LogP contribution >= 0.6 is 15.9 Å². The molecule has 3 nitrogen and oxygen atoms in total. The molecule has 1 rings (SSSR count). The van der Waals surface area contributed by atoms with Gasteiger partial charge in [0, 0.05) is 17.1 Å². The highest BCUT2D eigenvalue weighted by Gasteiger charge is 2.12. The molecule has 0 radical (unpaired) electrons. The molecule has 1 amide bonds. The van der Waals surface area contributed by atoms with Gasteiger partial charge < -0.3 is 5.32 Å². The number of carbonyl (C=O) groups excluding carboxylic acids is 1. The molecular formula is C11H15BrN2O. The van der Waals surface area contributed by atoms with Crippen molar-refractivity contribution >= 4 is 21.8 Å². The number of pyridine rings is 1. The maximum atomic E-state index is 11.4. The van der Waals surface area contributed by atoms with Crippen LogP contribution in [0.4, 0.5) is 0 Å². The van der Waals surface area contributed by atoms with Gasteiger partial charge in [0.2, 0.25) is 5.91 Å². The lowest BCUT2D eigenvalue weighted by molar-refractivity contribution is -0.121. The molecule has 4 heteroatoms. The normalized spacial score (nSPS) is 12.2. The molecule has 0 saturated heterocycles. The van der Waals surface area contributed by atoms with E-state index in [0.29, 0.717) is 6.42 Å². The molecule has 0 aliphatic rings. The van der Waals surface area contributed by atoms with Gasteiger partial charge in [0.25, 0.3) is 0 Å². The van der Waals surface area contributed by atoms with Gasteiger partial charge in [-0.3, -0.25) is 9.78 Å². The van der Waals surface area contributed by atoms with E-state index in [-0.39, 0.29) is 11.9 Å². The first kappa shape index (κ1) is 12.2. The van der Waals surface area contributed by atoms with Crippen molar-refractivity contribution in [3.05, 3.63) is 28.5 Å². The Morgan fingerprint density at radius 3 is 3.00 bits per heavy atom. The highest BCUT2D eigenvalue weighted by molar-refractivity contribution is 9.10. The zero-order valence-corrected chi connectivity index (χ0v) is 10.5. The Bertz CT molecular complexity index is 341. The summed E-state index contributed by atoms with van der Waals surface area (Å²) in [6.45, 7) is 3.92. The minimum atomic E-state index is -0.0559. The molecule has 0 saturated carbocycles. The van der Waals surface area contributed by atoms with E-state index in [9.17, 15) is 4.79 Å². The van der Waals surface area contributed by atoms with Gasteiger partial charge >= 0.3 is 0 Å². The summed E-state index contributed by atoms with van der Waals surface area (Å²) in [6, 6.07) is 3.72. The van der Waals surface area contributed by atoms with Gasteiger partial charge in [-0.2, -0.15) is 0 Å². The van der Waals surface area contributed by atoms with Gasteiger partial charge in [-0.1, -0.05) is 6.92 Å². The summed E-state index contributed by atoms with van der Waals surface area (Å²) in [6.07, 6.45) is 3.15. The number of aromatic nitrogens is 1. The molecule has 1 atom stereocenters. The number of amides is 1. The van der Waals surface area contributed by atoms with Gasteiger partial charge in [0.1, 0.15) is 0 Å². The predicted molar refractivity (Wildman–Crippen MR) is 63.4 cm³/mol. The van der Waals surface area contributed by atoms with E-state index < -0.39 is 0 Å². The van der Waals surface area contributed by atoms with Crippen LogP contribution in [0.5, 0.6) is 0 Å². The van der Waals surface area contributed by atoms with E-state index in [1.807, 2.05) is 26.0 Å². The first-order chi connectivity index (χ1) is 7.15. The zero-order valence-electron chi connectivity index (χ0n) is 8.96. The van der Waals surface area contributed by atoms with Gasteiger partial charge in [-0.15, -0.1) is 0 Å². The predicted octanol–water partition coefficient (Wildman–Crippen LogP) is 2.82. The van der Waals surface area contributed by atoms with Crippen molar-refractivity contribution in [1.82, 2.24) is 10.3 Å². The van der Waals surface area contributed by atoms with Crippen molar-refractivity contribution in [2.45, 2.75) is 32.7 Å². The monoisotopic (exact) mass is 270 g/mol. The van der Waals surface area contributed by atoms with Crippen molar-refractivity contribution in [2.75, 3.05) is 0 Å². The van der Waals surface area contributed by atoms with Crippen molar-refractivity contribution in [2.24, 2.45) is 0 Å². The SMILES string of the molecule is CCCC(=O)NC(C)c1ncccc1Br. The van der Waals surface area contributed by atoms with Crippen LogP contribution < -0.4 is 5.32 Å². The molecular weight excluding hydrogens is 256 g/mol. The average molecular weight is 271 g/mol. The van der Waals surface area contributed by atoms with Crippen LogP contribution in [0.1, 0.15) is 38.4 Å². The second-order valence-corrected chi connectivity index (χ2v) is 4.26. The van der Waals surface area contributed by atoms with Crippen LogP contribution in [-0.2, 0) is 4.79 Å². The Hall–Kier alpha value is -0.900. The molecule has 1 aromatic heterocycles. The number of hydrogen-bond donors (Lipinski definition) is 1. The van der Waals surface area contributed by atoms with Crippen molar-refractivity contribution < 1.29 is 4.79 Å². The fourth-order valence-corrected chi connectivity index (χ4v) is 1.92. The minimum absolute atomic E-state index is 0.0559. The van der Waals surface area contributed by atoms with E-state index >= 15 is 0 Å². The topological polar surface area (TPSA) is 42.0 Å². The summed E-state index contributed by atoms with van der Waals surface area (Å²) in [5, 5.41) is 2.91. The molecule has 1 aromatic rings. The molecule has 0 aliphatic heterocycles. The second kappa shape index (κ2) is 5.85. The van der Waals surface area contributed by atoms with Crippen LogP contribution in [0.3, 0.4) is 0 Å². The molecule has 0 spiro atoms. The van der Waals surface area contributed by atoms with E-state index in [0.717, 1.165) is 16.6 Å². The lowest BCUT2D eigenvalue weighted by atomic mass is 10.2. The van der Waals surface area contributed by atoms with E-state index in [4.69, 9.17) is 0 Å². The Balaban J connectivity index is 2.65. The first-order valence-corrected chi connectivity index (χ1v) is 5.84. The Kier molecular flexibility index (Phi) is 4.75. The first-order valence-electron chi connectivity index (χ1n) is 5.05. The highest BCUT2D eigenvalue weighted by Crippen LogP contribution is 2.20. The lowest BCUT2D eigenvalue weighted by Gasteiger charge is -2.14. The number of hydrogen-bond acceptors (Lipinski definition) is 2. The molecule has 82 valence electrons. The molecule has 1 N–H and O–H groups in total. The number of halogens is 1. The number of nitrogens with one attached hydrogen (secondary N) is 1. The van der Waals surface area contributed by atoms with Gasteiger partial charge in [-0.05, 0) is 41.4 Å². The molecule has 0 aliphatic carbocycles. The Morgan fingerprint density at radius 1 is 1.67 bits per heavy atom. The van der Waals surface area contributed by atoms with Crippen LogP contribution in [0.25, 0.3) is 0 Å². The molecule has 0 fully saturated rings. The van der Waals surface area contributed by atoms with E-state index in [1.54, 1.807) is 6.20 Å². The van der Waals surface area contributed by atoms with E-state index in [2.05, 4.69) is 26.2 Å². The van der Waals surface area contributed by atoms with Crippen molar-refractivity contribution in [3.63, 3.8) is 0 Å². The summed E-state index contributed by atoms with van der Waals surface area (Å²) in [5.74, 6) is 0.0718. The van der Waals surface area contributed by atoms with Crippen LogP contribution in [0.15, 0.2) is 22.8 Å². The number of carbonyl (C=O) groups is 1. The number of nitrogens with zero attached hydrogens (tertiary/aromatic N) is 1. The highest BCUT2D eigenvalue weighted by atomic mass is 79.9. The quantitative estimate of drug-likeness (QED) is 0.914. The summed E-state index contributed by atoms with van der Waals surface area (Å²) >= 11 is 3.41. The fraction of sp³-hybridized carbons (Fsp3) is 0.455. The second-order valence-electron chi connectivity index (χ2n) is 3.41. The molecule has 1 heterocycles. The fourth-order valence-electron chi connectivity index (χ4n) is 1.33. The summed E-state index contributed by atoms with van der Waals surface area (Å²) in [4.78, 5) is 15.6. The van der Waals surface area contributed by atoms with Crippen LogP contribution in [0, 0.1) is 0 Å². The third-order valence-corrected chi connectivity index (χ3v) is 2.72. The largest absolute Gasteiger partial charge is 0.348 e. The average Bonchev–Trinajstić information content (AvgIpc) is 2.18.